The summed E-state index contributed by atoms with van der Waals surface area (Å²) in [5, 5.41) is 1.12. The molecule has 1 rings (SSSR count). The topological polar surface area (TPSA) is 18.5 Å². The van der Waals surface area contributed by atoms with Crippen molar-refractivity contribution < 1.29 is 9.47 Å². The Balaban J connectivity index is 1.98. The van der Waals surface area contributed by atoms with Gasteiger partial charge >= 0.3 is 0 Å². The summed E-state index contributed by atoms with van der Waals surface area (Å²) >= 11 is 3.45. The molecule has 3 heteroatoms. The van der Waals surface area contributed by atoms with Gasteiger partial charge in [-0.25, -0.2) is 0 Å². The van der Waals surface area contributed by atoms with Crippen LogP contribution in [0.4, 0.5) is 0 Å². The van der Waals surface area contributed by atoms with E-state index in [9.17, 15) is 0 Å². The van der Waals surface area contributed by atoms with E-state index >= 15 is 0 Å². The largest absolute Gasteiger partial charge is 0.381 e. The molecule has 0 unspecified atom stereocenters. The second-order valence-corrected chi connectivity index (χ2v) is 5.86. The fourth-order valence-corrected chi connectivity index (χ4v) is 2.50. The zero-order chi connectivity index (χ0) is 14.5. The normalized spacial score (nSPS) is 10.9. The van der Waals surface area contributed by atoms with Crippen LogP contribution >= 0.6 is 15.9 Å². The lowest BCUT2D eigenvalue weighted by Gasteiger charge is -2.05. The van der Waals surface area contributed by atoms with E-state index in [0.717, 1.165) is 31.4 Å². The summed E-state index contributed by atoms with van der Waals surface area (Å²) in [4.78, 5) is 0. The minimum atomic E-state index is 0.693. The summed E-state index contributed by atoms with van der Waals surface area (Å²) in [6, 6.07) is 8.66. The standard InChI is InChI=1S/C17H27BrO2/c1-19-15-17-10-8-16(9-11-17)7-6-14-20-13-5-3-2-4-12-18/h8-11H,2-7,12-15H2,1H3. The third-order valence-corrected chi connectivity index (χ3v) is 3.82. The molecule has 0 atom stereocenters. The summed E-state index contributed by atoms with van der Waals surface area (Å²) in [6.07, 6.45) is 7.26. The van der Waals surface area contributed by atoms with E-state index in [4.69, 9.17) is 9.47 Å². The van der Waals surface area contributed by atoms with Crippen molar-refractivity contribution in [1.82, 2.24) is 0 Å². The number of unbranched alkanes of at least 4 members (excludes halogenated alkanes) is 3. The quantitative estimate of drug-likeness (QED) is 0.403. The Bertz CT molecular complexity index is 324. The van der Waals surface area contributed by atoms with E-state index in [1.54, 1.807) is 7.11 Å². The van der Waals surface area contributed by atoms with Crippen molar-refractivity contribution in [2.75, 3.05) is 25.7 Å². The average Bonchev–Trinajstić information content (AvgIpc) is 2.47. The highest BCUT2D eigenvalue weighted by atomic mass is 79.9. The summed E-state index contributed by atoms with van der Waals surface area (Å²) < 4.78 is 10.8. The number of rotatable bonds is 12. The van der Waals surface area contributed by atoms with E-state index in [2.05, 4.69) is 40.2 Å². The molecule has 1 aromatic rings. The van der Waals surface area contributed by atoms with Gasteiger partial charge in [0.15, 0.2) is 0 Å². The molecule has 0 saturated carbocycles. The molecule has 0 aliphatic carbocycles. The second kappa shape index (κ2) is 12.4. The average molecular weight is 343 g/mol. The van der Waals surface area contributed by atoms with Crippen molar-refractivity contribution in [3.63, 3.8) is 0 Å². The number of hydrogen-bond acceptors (Lipinski definition) is 2. The first-order valence-electron chi connectivity index (χ1n) is 7.57. The van der Waals surface area contributed by atoms with E-state index in [1.807, 2.05) is 0 Å². The molecule has 0 amide bonds. The van der Waals surface area contributed by atoms with Crippen molar-refractivity contribution in [3.05, 3.63) is 35.4 Å². The Morgan fingerprint density at radius 2 is 1.50 bits per heavy atom. The van der Waals surface area contributed by atoms with Crippen molar-refractivity contribution in [2.45, 2.75) is 45.1 Å². The van der Waals surface area contributed by atoms with Crippen LogP contribution in [0.1, 0.15) is 43.2 Å². The van der Waals surface area contributed by atoms with Crippen LogP contribution in [0.2, 0.25) is 0 Å². The highest BCUT2D eigenvalue weighted by Gasteiger charge is 1.96. The summed E-state index contributed by atoms with van der Waals surface area (Å²) in [5.41, 5.74) is 2.61. The van der Waals surface area contributed by atoms with Crippen molar-refractivity contribution in [3.8, 4) is 0 Å². The molecule has 0 aliphatic rings. The number of hydrogen-bond donors (Lipinski definition) is 0. The highest BCUT2D eigenvalue weighted by molar-refractivity contribution is 9.09. The maximum absolute atomic E-state index is 5.67. The fourth-order valence-electron chi connectivity index (χ4n) is 2.10. The van der Waals surface area contributed by atoms with Crippen LogP contribution < -0.4 is 0 Å². The number of halogens is 1. The van der Waals surface area contributed by atoms with E-state index < -0.39 is 0 Å². The zero-order valence-electron chi connectivity index (χ0n) is 12.6. The predicted molar refractivity (Wildman–Crippen MR) is 88.6 cm³/mol. The summed E-state index contributed by atoms with van der Waals surface area (Å²) in [5.74, 6) is 0. The van der Waals surface area contributed by atoms with Crippen LogP contribution in [0.25, 0.3) is 0 Å². The van der Waals surface area contributed by atoms with E-state index in [-0.39, 0.29) is 0 Å². The van der Waals surface area contributed by atoms with Crippen molar-refractivity contribution in [1.29, 1.82) is 0 Å². The molecule has 0 bridgehead atoms. The molecule has 0 radical (unpaired) electrons. The number of aryl methyl sites for hydroxylation is 1. The van der Waals surface area contributed by atoms with Gasteiger partial charge in [0.25, 0.3) is 0 Å². The van der Waals surface area contributed by atoms with Gasteiger partial charge in [-0.1, -0.05) is 53.0 Å². The van der Waals surface area contributed by atoms with Crippen molar-refractivity contribution >= 4 is 15.9 Å². The Morgan fingerprint density at radius 3 is 2.20 bits per heavy atom. The monoisotopic (exact) mass is 342 g/mol. The van der Waals surface area contributed by atoms with Gasteiger partial charge in [-0.15, -0.1) is 0 Å². The Morgan fingerprint density at radius 1 is 0.850 bits per heavy atom. The Hall–Kier alpha value is -0.380. The Kier molecular flexibility index (Phi) is 10.9. The molecular weight excluding hydrogens is 316 g/mol. The third kappa shape index (κ3) is 8.72. The molecule has 0 saturated heterocycles. The van der Waals surface area contributed by atoms with Gasteiger partial charge in [-0.2, -0.15) is 0 Å². The van der Waals surface area contributed by atoms with Crippen LogP contribution in [0.3, 0.4) is 0 Å². The molecular formula is C17H27BrO2. The SMILES string of the molecule is COCc1ccc(CCCOCCCCCCBr)cc1. The minimum Gasteiger partial charge on any atom is -0.381 e. The Labute approximate surface area is 132 Å². The predicted octanol–water partition coefficient (Wildman–Crippen LogP) is 4.74. The lowest BCUT2D eigenvalue weighted by Crippen LogP contribution is -1.99. The molecule has 114 valence electrons. The summed E-state index contributed by atoms with van der Waals surface area (Å²) in [7, 11) is 1.73. The van der Waals surface area contributed by atoms with Crippen LogP contribution in [-0.4, -0.2) is 25.7 Å². The molecule has 0 fully saturated rings. The molecule has 0 spiro atoms. The van der Waals surface area contributed by atoms with Gasteiger partial charge in [0.1, 0.15) is 0 Å². The second-order valence-electron chi connectivity index (χ2n) is 5.07. The minimum absolute atomic E-state index is 0.693. The molecule has 0 N–H and O–H groups in total. The number of methoxy groups -OCH3 is 1. The molecule has 0 aliphatic heterocycles. The summed E-state index contributed by atoms with van der Waals surface area (Å²) in [6.45, 7) is 2.48. The van der Waals surface area contributed by atoms with Gasteiger partial charge < -0.3 is 9.47 Å². The maximum atomic E-state index is 5.67. The van der Waals surface area contributed by atoms with Gasteiger partial charge in [0.05, 0.1) is 6.61 Å². The molecule has 1 aromatic carbocycles. The molecule has 0 aromatic heterocycles. The zero-order valence-corrected chi connectivity index (χ0v) is 14.2. The first-order chi connectivity index (χ1) is 9.86. The highest BCUT2D eigenvalue weighted by Crippen LogP contribution is 2.08. The van der Waals surface area contributed by atoms with E-state index in [0.29, 0.717) is 6.61 Å². The fraction of sp³-hybridized carbons (Fsp3) is 0.647. The van der Waals surface area contributed by atoms with Crippen LogP contribution in [0.5, 0.6) is 0 Å². The van der Waals surface area contributed by atoms with Crippen LogP contribution in [0, 0.1) is 0 Å². The van der Waals surface area contributed by atoms with Gasteiger partial charge in [0, 0.05) is 25.7 Å². The van der Waals surface area contributed by atoms with E-state index in [1.165, 1.54) is 36.8 Å². The van der Waals surface area contributed by atoms with Crippen molar-refractivity contribution in [2.24, 2.45) is 0 Å². The lowest BCUT2D eigenvalue weighted by atomic mass is 10.1. The maximum Gasteiger partial charge on any atom is 0.0713 e. The smallest absolute Gasteiger partial charge is 0.0713 e. The van der Waals surface area contributed by atoms with Crippen LogP contribution in [-0.2, 0) is 22.5 Å². The first-order valence-corrected chi connectivity index (χ1v) is 8.69. The molecule has 2 nitrogen and oxygen atoms in total. The van der Waals surface area contributed by atoms with Crippen LogP contribution in [0.15, 0.2) is 24.3 Å². The number of benzene rings is 1. The number of alkyl halides is 1. The molecule has 20 heavy (non-hydrogen) atoms. The third-order valence-electron chi connectivity index (χ3n) is 3.26. The lowest BCUT2D eigenvalue weighted by molar-refractivity contribution is 0.128. The molecule has 0 heterocycles. The van der Waals surface area contributed by atoms with Gasteiger partial charge in [0.2, 0.25) is 0 Å². The first kappa shape index (κ1) is 17.7. The van der Waals surface area contributed by atoms with Gasteiger partial charge in [-0.3, -0.25) is 0 Å². The number of ether oxygens (including phenoxy) is 2. The van der Waals surface area contributed by atoms with Gasteiger partial charge in [-0.05, 0) is 36.8 Å².